The summed E-state index contributed by atoms with van der Waals surface area (Å²) in [6.45, 7) is 3.85. The minimum absolute atomic E-state index is 0.757. The van der Waals surface area contributed by atoms with E-state index in [1.54, 1.807) is 0 Å². The van der Waals surface area contributed by atoms with Crippen LogP contribution in [-0.2, 0) is 0 Å². The van der Waals surface area contributed by atoms with E-state index in [0.29, 0.717) is 0 Å². The van der Waals surface area contributed by atoms with Crippen LogP contribution in [0.5, 0.6) is 0 Å². The van der Waals surface area contributed by atoms with Gasteiger partial charge < -0.3 is 0 Å². The van der Waals surface area contributed by atoms with Crippen molar-refractivity contribution in [3.8, 4) is 0 Å². The molecule has 0 unspecified atom stereocenters. The summed E-state index contributed by atoms with van der Waals surface area (Å²) in [7, 11) is 0. The fraction of sp³-hybridized carbons (Fsp3) is 0.0500. The van der Waals surface area contributed by atoms with Crippen LogP contribution >= 0.6 is 0 Å². The Balaban J connectivity index is 2.14. The van der Waals surface area contributed by atoms with Gasteiger partial charge >= 0.3 is 0 Å². The smallest absolute Gasteiger partial charge is 0.0711 e. The van der Waals surface area contributed by atoms with Gasteiger partial charge in [-0.05, 0) is 17.0 Å². The molecule has 102 valence electrons. The first-order valence-electron chi connectivity index (χ1n) is 7.10. The highest BCUT2D eigenvalue weighted by molar-refractivity contribution is 6.05. The van der Waals surface area contributed by atoms with Crippen LogP contribution in [0.15, 0.2) is 90.4 Å². The minimum Gasteiger partial charge on any atom is -0.252 e. The molecule has 0 aliphatic rings. The third-order valence-corrected chi connectivity index (χ3v) is 3.47. The monoisotopic (exact) mass is 271 g/mol. The van der Waals surface area contributed by atoms with E-state index in [-0.39, 0.29) is 0 Å². The number of nitrogens with zero attached hydrogens (tertiary/aromatic N) is 1. The zero-order valence-electron chi connectivity index (χ0n) is 11.9. The lowest BCUT2D eigenvalue weighted by Gasteiger charge is -2.07. The number of rotatable bonds is 4. The van der Waals surface area contributed by atoms with Crippen LogP contribution in [0.4, 0.5) is 5.69 Å². The maximum absolute atomic E-state index is 4.89. The molecule has 3 rings (SSSR count). The van der Waals surface area contributed by atoms with E-state index < -0.39 is 0 Å². The van der Waals surface area contributed by atoms with E-state index in [4.69, 9.17) is 4.99 Å². The summed E-state index contributed by atoms with van der Waals surface area (Å²) in [5.74, 6) is 0. The summed E-state index contributed by atoms with van der Waals surface area (Å²) in [6.07, 6.45) is 2.66. The number of allylic oxidation sites excluding steroid dienone is 1. The predicted molar refractivity (Wildman–Crippen MR) is 91.4 cm³/mol. The first kappa shape index (κ1) is 13.3. The van der Waals surface area contributed by atoms with Crippen LogP contribution in [-0.4, -0.2) is 5.71 Å². The normalized spacial score (nSPS) is 11.5. The topological polar surface area (TPSA) is 12.4 Å². The van der Waals surface area contributed by atoms with Crippen molar-refractivity contribution in [1.29, 1.82) is 0 Å². The summed E-state index contributed by atoms with van der Waals surface area (Å²) in [4.78, 5) is 4.89. The molecular formula is C20H17N. The molecule has 0 saturated carbocycles. The number of hydrogen-bond donors (Lipinski definition) is 0. The van der Waals surface area contributed by atoms with Gasteiger partial charge in [-0.15, -0.1) is 6.58 Å². The van der Waals surface area contributed by atoms with Crippen molar-refractivity contribution in [2.45, 2.75) is 6.42 Å². The highest BCUT2D eigenvalue weighted by Gasteiger charge is 2.04. The molecule has 0 spiro atoms. The molecule has 0 fully saturated rings. The van der Waals surface area contributed by atoms with Gasteiger partial charge in [0.2, 0.25) is 0 Å². The van der Waals surface area contributed by atoms with Gasteiger partial charge in [-0.1, -0.05) is 72.8 Å². The second-order valence-electron chi connectivity index (χ2n) is 4.92. The van der Waals surface area contributed by atoms with E-state index >= 15 is 0 Å². The lowest BCUT2D eigenvalue weighted by molar-refractivity contribution is 1.40. The van der Waals surface area contributed by atoms with Gasteiger partial charge in [-0.2, -0.15) is 0 Å². The maximum Gasteiger partial charge on any atom is 0.0711 e. The summed E-state index contributed by atoms with van der Waals surface area (Å²) in [5.41, 5.74) is 3.20. The summed E-state index contributed by atoms with van der Waals surface area (Å²) >= 11 is 0. The van der Waals surface area contributed by atoms with E-state index in [2.05, 4.69) is 61.2 Å². The van der Waals surface area contributed by atoms with Gasteiger partial charge in [0.05, 0.1) is 11.4 Å². The largest absolute Gasteiger partial charge is 0.252 e. The van der Waals surface area contributed by atoms with Crippen molar-refractivity contribution < 1.29 is 0 Å². The third-order valence-electron chi connectivity index (χ3n) is 3.47. The molecule has 0 aliphatic heterocycles. The molecule has 0 aromatic heterocycles. The number of aliphatic imine (C=N–C) groups is 1. The molecule has 0 atom stereocenters. The Kier molecular flexibility index (Phi) is 3.92. The summed E-state index contributed by atoms with van der Waals surface area (Å²) < 4.78 is 0. The fourth-order valence-corrected chi connectivity index (χ4v) is 2.45. The van der Waals surface area contributed by atoms with Gasteiger partial charge in [-0.3, -0.25) is 4.99 Å². The SMILES string of the molecule is C=CCC(=Nc1cccc2ccccc12)c1ccccc1. The molecule has 1 heteroatoms. The van der Waals surface area contributed by atoms with Crippen LogP contribution in [0.25, 0.3) is 10.8 Å². The van der Waals surface area contributed by atoms with Crippen LogP contribution in [0.3, 0.4) is 0 Å². The molecule has 3 aromatic rings. The molecular weight excluding hydrogens is 254 g/mol. The summed E-state index contributed by atoms with van der Waals surface area (Å²) in [6, 6.07) is 24.8. The Morgan fingerprint density at radius 3 is 2.38 bits per heavy atom. The molecule has 0 radical (unpaired) electrons. The Morgan fingerprint density at radius 2 is 1.57 bits per heavy atom. The molecule has 3 aromatic carbocycles. The Hall–Kier alpha value is -2.67. The molecule has 0 saturated heterocycles. The molecule has 1 nitrogen and oxygen atoms in total. The molecule has 0 bridgehead atoms. The highest BCUT2D eigenvalue weighted by Crippen LogP contribution is 2.26. The summed E-state index contributed by atoms with van der Waals surface area (Å²) in [5, 5.41) is 2.39. The Labute approximate surface area is 125 Å². The van der Waals surface area contributed by atoms with Crippen molar-refractivity contribution in [3.63, 3.8) is 0 Å². The second-order valence-corrected chi connectivity index (χ2v) is 4.92. The molecule has 0 amide bonds. The Bertz CT molecular complexity index is 780. The van der Waals surface area contributed by atoms with E-state index in [0.717, 1.165) is 23.4 Å². The first-order valence-corrected chi connectivity index (χ1v) is 7.10. The van der Waals surface area contributed by atoms with E-state index in [9.17, 15) is 0 Å². The van der Waals surface area contributed by atoms with Gasteiger partial charge in [0.25, 0.3) is 0 Å². The van der Waals surface area contributed by atoms with Crippen LogP contribution in [0.1, 0.15) is 12.0 Å². The van der Waals surface area contributed by atoms with Crippen molar-refractivity contribution in [2.24, 2.45) is 4.99 Å². The molecule has 21 heavy (non-hydrogen) atoms. The second kappa shape index (κ2) is 6.19. The zero-order chi connectivity index (χ0) is 14.5. The molecule has 0 heterocycles. The standard InChI is InChI=1S/C20H17N/c1-2-9-19(17-11-4-3-5-12-17)21-20-15-8-13-16-10-6-7-14-18(16)20/h2-8,10-15H,1,9H2. The van der Waals surface area contributed by atoms with Crippen LogP contribution in [0.2, 0.25) is 0 Å². The van der Waals surface area contributed by atoms with Gasteiger partial charge in [0, 0.05) is 11.8 Å². The van der Waals surface area contributed by atoms with Crippen LogP contribution in [0, 0.1) is 0 Å². The van der Waals surface area contributed by atoms with Crippen LogP contribution < -0.4 is 0 Å². The van der Waals surface area contributed by atoms with Crippen molar-refractivity contribution in [2.75, 3.05) is 0 Å². The third kappa shape index (κ3) is 2.92. The molecule has 0 N–H and O–H groups in total. The lowest BCUT2D eigenvalue weighted by atomic mass is 10.1. The zero-order valence-corrected chi connectivity index (χ0v) is 11.9. The van der Waals surface area contributed by atoms with E-state index in [1.165, 1.54) is 10.8 Å². The lowest BCUT2D eigenvalue weighted by Crippen LogP contribution is -1.98. The molecule has 0 aliphatic carbocycles. The Morgan fingerprint density at radius 1 is 0.857 bits per heavy atom. The van der Waals surface area contributed by atoms with E-state index in [1.807, 2.05) is 24.3 Å². The number of hydrogen-bond acceptors (Lipinski definition) is 1. The van der Waals surface area contributed by atoms with Gasteiger partial charge in [0.15, 0.2) is 0 Å². The van der Waals surface area contributed by atoms with Gasteiger partial charge in [-0.25, -0.2) is 0 Å². The van der Waals surface area contributed by atoms with Crippen molar-refractivity contribution in [3.05, 3.63) is 91.0 Å². The predicted octanol–water partition coefficient (Wildman–Crippen LogP) is 5.54. The quantitative estimate of drug-likeness (QED) is 0.436. The average molecular weight is 271 g/mol. The minimum atomic E-state index is 0.757. The fourth-order valence-electron chi connectivity index (χ4n) is 2.45. The number of fused-ring (bicyclic) bond motifs is 1. The number of benzene rings is 3. The van der Waals surface area contributed by atoms with Crippen molar-refractivity contribution in [1.82, 2.24) is 0 Å². The average Bonchev–Trinajstić information content (AvgIpc) is 2.55. The van der Waals surface area contributed by atoms with Gasteiger partial charge in [0.1, 0.15) is 0 Å². The van der Waals surface area contributed by atoms with Crippen molar-refractivity contribution >= 4 is 22.2 Å². The highest BCUT2D eigenvalue weighted by atomic mass is 14.7. The first-order chi connectivity index (χ1) is 10.4. The maximum atomic E-state index is 4.89.